The molecule has 0 aliphatic heterocycles. The number of hydrogen-bond donors (Lipinski definition) is 2. The Morgan fingerprint density at radius 2 is 2.05 bits per heavy atom. The minimum Gasteiger partial charge on any atom is -0.464 e. The van der Waals surface area contributed by atoms with E-state index in [-0.39, 0.29) is 4.90 Å². The van der Waals surface area contributed by atoms with Crippen LogP contribution in [-0.2, 0) is 16.6 Å². The van der Waals surface area contributed by atoms with Gasteiger partial charge in [0.05, 0.1) is 24.6 Å². The largest absolute Gasteiger partial charge is 0.464 e. The molecule has 7 nitrogen and oxygen atoms in total. The second-order valence-corrected chi connectivity index (χ2v) is 6.67. The fraction of sp³-hybridized carbons (Fsp3) is 0.385. The monoisotopic (exact) mass is 308 g/mol. The highest BCUT2D eigenvalue weighted by atomic mass is 32.2. The van der Waals surface area contributed by atoms with E-state index >= 15 is 0 Å². The van der Waals surface area contributed by atoms with Gasteiger partial charge in [0, 0.05) is 12.1 Å². The first-order valence-electron chi connectivity index (χ1n) is 6.65. The Hall–Kier alpha value is -1.93. The van der Waals surface area contributed by atoms with Crippen LogP contribution in [0.3, 0.4) is 0 Å². The van der Waals surface area contributed by atoms with E-state index in [1.165, 1.54) is 31.6 Å². The summed E-state index contributed by atoms with van der Waals surface area (Å²) in [6.07, 6.45) is 6.47. The fourth-order valence-electron chi connectivity index (χ4n) is 1.97. The lowest BCUT2D eigenvalue weighted by Gasteiger charge is -2.05. The van der Waals surface area contributed by atoms with Crippen LogP contribution < -0.4 is 10.0 Å². The average molecular weight is 308 g/mol. The van der Waals surface area contributed by atoms with Crippen molar-refractivity contribution in [2.45, 2.75) is 37.2 Å². The number of nitrogens with one attached hydrogen (secondary N) is 2. The van der Waals surface area contributed by atoms with E-state index in [9.17, 15) is 8.42 Å². The molecule has 1 aliphatic carbocycles. The normalized spacial score (nSPS) is 15.1. The molecule has 3 rings (SSSR count). The molecule has 0 saturated heterocycles. The van der Waals surface area contributed by atoms with Gasteiger partial charge < -0.3 is 9.73 Å². The van der Waals surface area contributed by atoms with Gasteiger partial charge in [0.2, 0.25) is 0 Å². The van der Waals surface area contributed by atoms with Crippen LogP contribution >= 0.6 is 0 Å². The summed E-state index contributed by atoms with van der Waals surface area (Å²) in [6, 6.07) is 2.09. The first kappa shape index (κ1) is 14.0. The predicted molar refractivity (Wildman–Crippen MR) is 76.1 cm³/mol. The summed E-state index contributed by atoms with van der Waals surface area (Å²) in [6.45, 7) is 2.17. The van der Waals surface area contributed by atoms with Crippen molar-refractivity contribution in [3.05, 3.63) is 36.3 Å². The van der Waals surface area contributed by atoms with E-state index in [0.717, 1.165) is 0 Å². The van der Waals surface area contributed by atoms with Crippen LogP contribution in [0.15, 0.2) is 34.1 Å². The van der Waals surface area contributed by atoms with E-state index in [0.29, 0.717) is 29.8 Å². The van der Waals surface area contributed by atoms with E-state index in [1.807, 2.05) is 0 Å². The molecular formula is C13H16N4O3S. The second-order valence-electron chi connectivity index (χ2n) is 5.02. The summed E-state index contributed by atoms with van der Waals surface area (Å²) < 4.78 is 32.6. The zero-order chi connectivity index (χ0) is 14.9. The number of nitrogens with zero attached hydrogens (tertiary/aromatic N) is 2. The molecule has 21 heavy (non-hydrogen) atoms. The van der Waals surface area contributed by atoms with Crippen LogP contribution in [0, 0.1) is 6.92 Å². The van der Waals surface area contributed by atoms with Gasteiger partial charge in [-0.05, 0) is 19.8 Å². The Labute approximate surface area is 122 Å². The Morgan fingerprint density at radius 3 is 2.71 bits per heavy atom. The van der Waals surface area contributed by atoms with E-state index in [2.05, 4.69) is 20.0 Å². The van der Waals surface area contributed by atoms with Crippen molar-refractivity contribution in [2.75, 3.05) is 4.72 Å². The number of anilines is 1. The van der Waals surface area contributed by atoms with Gasteiger partial charge in [-0.15, -0.1) is 0 Å². The highest BCUT2D eigenvalue weighted by Gasteiger charge is 2.24. The van der Waals surface area contributed by atoms with E-state index in [4.69, 9.17) is 4.42 Å². The first-order valence-corrected chi connectivity index (χ1v) is 8.13. The lowest BCUT2D eigenvalue weighted by atomic mass is 10.4. The molecule has 0 spiro atoms. The first-order chi connectivity index (χ1) is 10.0. The van der Waals surface area contributed by atoms with Crippen molar-refractivity contribution in [3.63, 3.8) is 0 Å². The molecule has 1 aliphatic rings. The molecule has 0 amide bonds. The van der Waals surface area contributed by atoms with Crippen molar-refractivity contribution in [1.82, 2.24) is 15.3 Å². The predicted octanol–water partition coefficient (Wildman–Crippen LogP) is 1.43. The van der Waals surface area contributed by atoms with Gasteiger partial charge in [0.15, 0.2) is 0 Å². The van der Waals surface area contributed by atoms with Crippen molar-refractivity contribution in [1.29, 1.82) is 0 Å². The quantitative estimate of drug-likeness (QED) is 0.838. The molecule has 0 aromatic carbocycles. The third-order valence-corrected chi connectivity index (χ3v) is 4.66. The highest BCUT2D eigenvalue weighted by molar-refractivity contribution is 7.92. The fourth-order valence-corrected chi connectivity index (χ4v) is 3.20. The molecule has 0 radical (unpaired) electrons. The standard InChI is InChI=1S/C13H16N4O3S/c1-9-13(4-12(20-9)7-16-10-2-3-10)21(18,19)17-11-5-14-8-15-6-11/h4-6,8,10,16-17H,2-3,7H2,1H3. The molecular weight excluding hydrogens is 292 g/mol. The maximum Gasteiger partial charge on any atom is 0.265 e. The lowest BCUT2D eigenvalue weighted by molar-refractivity contribution is 0.456. The number of rotatable bonds is 6. The van der Waals surface area contributed by atoms with Crippen LogP contribution in [0.1, 0.15) is 24.4 Å². The highest BCUT2D eigenvalue weighted by Crippen LogP contribution is 2.24. The summed E-state index contributed by atoms with van der Waals surface area (Å²) in [5, 5.41) is 3.29. The molecule has 1 saturated carbocycles. The van der Waals surface area contributed by atoms with E-state index in [1.54, 1.807) is 13.0 Å². The molecule has 0 atom stereocenters. The second kappa shape index (κ2) is 5.45. The zero-order valence-corrected chi connectivity index (χ0v) is 12.4. The van der Waals surface area contributed by atoms with Gasteiger partial charge in [-0.2, -0.15) is 0 Å². The molecule has 0 bridgehead atoms. The summed E-state index contributed by atoms with van der Waals surface area (Å²) in [5.41, 5.74) is 0.316. The molecule has 2 aromatic heterocycles. The van der Waals surface area contributed by atoms with Gasteiger partial charge >= 0.3 is 0 Å². The molecule has 2 N–H and O–H groups in total. The van der Waals surface area contributed by atoms with Crippen LogP contribution in [0.2, 0.25) is 0 Å². The van der Waals surface area contributed by atoms with Gasteiger partial charge in [0.25, 0.3) is 10.0 Å². The number of aryl methyl sites for hydroxylation is 1. The lowest BCUT2D eigenvalue weighted by Crippen LogP contribution is -2.15. The number of aromatic nitrogens is 2. The Morgan fingerprint density at radius 1 is 1.33 bits per heavy atom. The molecule has 2 heterocycles. The van der Waals surface area contributed by atoms with Gasteiger partial charge in [-0.3, -0.25) is 4.72 Å². The minimum atomic E-state index is -3.70. The van der Waals surface area contributed by atoms with Gasteiger partial charge in [-0.25, -0.2) is 18.4 Å². The van der Waals surface area contributed by atoms with Crippen molar-refractivity contribution in [2.24, 2.45) is 0 Å². The van der Waals surface area contributed by atoms with E-state index < -0.39 is 10.0 Å². The third kappa shape index (κ3) is 3.40. The third-order valence-electron chi connectivity index (χ3n) is 3.17. The van der Waals surface area contributed by atoms with Gasteiger partial charge in [-0.1, -0.05) is 0 Å². The maximum atomic E-state index is 12.3. The van der Waals surface area contributed by atoms with Crippen LogP contribution in [0.5, 0.6) is 0 Å². The van der Waals surface area contributed by atoms with Crippen molar-refractivity contribution < 1.29 is 12.8 Å². The van der Waals surface area contributed by atoms with Crippen LogP contribution in [0.25, 0.3) is 0 Å². The topological polar surface area (TPSA) is 97.1 Å². The van der Waals surface area contributed by atoms with Crippen LogP contribution in [0.4, 0.5) is 5.69 Å². The summed E-state index contributed by atoms with van der Waals surface area (Å²) in [4.78, 5) is 7.69. The Kier molecular flexibility index (Phi) is 3.64. The zero-order valence-electron chi connectivity index (χ0n) is 11.5. The molecule has 1 fully saturated rings. The summed E-state index contributed by atoms with van der Waals surface area (Å²) in [5.74, 6) is 0.982. The number of furan rings is 1. The molecule has 0 unspecified atom stereocenters. The number of hydrogen-bond acceptors (Lipinski definition) is 6. The Bertz CT molecular complexity index is 723. The SMILES string of the molecule is Cc1oc(CNC2CC2)cc1S(=O)(=O)Nc1cncnc1. The van der Waals surface area contributed by atoms with Crippen molar-refractivity contribution >= 4 is 15.7 Å². The maximum absolute atomic E-state index is 12.3. The smallest absolute Gasteiger partial charge is 0.265 e. The Balaban J connectivity index is 1.77. The van der Waals surface area contributed by atoms with Crippen molar-refractivity contribution in [3.8, 4) is 0 Å². The molecule has 112 valence electrons. The summed E-state index contributed by atoms with van der Waals surface area (Å²) >= 11 is 0. The van der Waals surface area contributed by atoms with Crippen LogP contribution in [-0.4, -0.2) is 24.4 Å². The number of sulfonamides is 1. The average Bonchev–Trinajstić information content (AvgIpc) is 3.19. The van der Waals surface area contributed by atoms with Gasteiger partial charge in [0.1, 0.15) is 22.7 Å². The minimum absolute atomic E-state index is 0.138. The molecule has 2 aromatic rings. The summed E-state index contributed by atoms with van der Waals surface area (Å²) in [7, 11) is -3.70. The molecule has 8 heteroatoms.